The predicted octanol–water partition coefficient (Wildman–Crippen LogP) is 4.68. The van der Waals surface area contributed by atoms with Crippen LogP contribution in [-0.4, -0.2) is 44.1 Å². The molecule has 10 nitrogen and oxygen atoms in total. The Bertz CT molecular complexity index is 1510. The molecule has 12 heteroatoms. The summed E-state index contributed by atoms with van der Waals surface area (Å²) in [6.07, 6.45) is 1.31. The molecule has 206 valence electrons. The molecule has 0 spiro atoms. The van der Waals surface area contributed by atoms with Crippen LogP contribution in [0.15, 0.2) is 70.7 Å². The highest BCUT2D eigenvalue weighted by Crippen LogP contribution is 2.38. The SMILES string of the molecule is CCOc1cc(/C=C2\C(=O)NC(=O)N(c3ccc(OC)cc3)C2=O)cc(Br)c1OCC(=O)Nc1ccccc1F. The minimum atomic E-state index is -0.883. The predicted molar refractivity (Wildman–Crippen MR) is 148 cm³/mol. The van der Waals surface area contributed by atoms with E-state index >= 15 is 0 Å². The van der Waals surface area contributed by atoms with E-state index in [4.69, 9.17) is 14.2 Å². The first kappa shape index (κ1) is 28.3. The number of methoxy groups -OCH3 is 1. The molecule has 0 aliphatic carbocycles. The fourth-order valence-corrected chi connectivity index (χ4v) is 4.32. The highest BCUT2D eigenvalue weighted by molar-refractivity contribution is 9.10. The largest absolute Gasteiger partial charge is 0.497 e. The molecule has 40 heavy (non-hydrogen) atoms. The van der Waals surface area contributed by atoms with Crippen LogP contribution in [0.2, 0.25) is 0 Å². The van der Waals surface area contributed by atoms with E-state index < -0.39 is 36.2 Å². The van der Waals surface area contributed by atoms with Gasteiger partial charge in [0.1, 0.15) is 17.1 Å². The molecule has 3 aromatic carbocycles. The summed E-state index contributed by atoms with van der Waals surface area (Å²) in [5.41, 5.74) is 0.346. The lowest BCUT2D eigenvalue weighted by Crippen LogP contribution is -2.54. The van der Waals surface area contributed by atoms with Gasteiger partial charge in [-0.2, -0.15) is 0 Å². The Labute approximate surface area is 236 Å². The molecular formula is C28H23BrFN3O7. The first-order valence-electron chi connectivity index (χ1n) is 11.9. The summed E-state index contributed by atoms with van der Waals surface area (Å²) in [4.78, 5) is 51.5. The Morgan fingerprint density at radius 2 is 1.80 bits per heavy atom. The van der Waals surface area contributed by atoms with Gasteiger partial charge in [0, 0.05) is 0 Å². The smallest absolute Gasteiger partial charge is 0.335 e. The van der Waals surface area contributed by atoms with Gasteiger partial charge in [0.2, 0.25) is 0 Å². The van der Waals surface area contributed by atoms with E-state index in [2.05, 4.69) is 26.6 Å². The molecule has 0 atom stereocenters. The monoisotopic (exact) mass is 611 g/mol. The number of benzene rings is 3. The number of halogens is 2. The Morgan fingerprint density at radius 1 is 1.07 bits per heavy atom. The number of para-hydroxylation sites is 1. The molecule has 2 N–H and O–H groups in total. The van der Waals surface area contributed by atoms with Crippen LogP contribution in [0, 0.1) is 5.82 Å². The van der Waals surface area contributed by atoms with Crippen LogP contribution in [-0.2, 0) is 14.4 Å². The van der Waals surface area contributed by atoms with Gasteiger partial charge in [0.15, 0.2) is 18.1 Å². The number of amides is 5. The Morgan fingerprint density at radius 3 is 2.48 bits per heavy atom. The second kappa shape index (κ2) is 12.4. The molecule has 0 aromatic heterocycles. The van der Waals surface area contributed by atoms with Crippen molar-refractivity contribution < 1.29 is 37.8 Å². The van der Waals surface area contributed by atoms with Crippen molar-refractivity contribution in [1.82, 2.24) is 5.32 Å². The second-order valence-electron chi connectivity index (χ2n) is 8.24. The summed E-state index contributed by atoms with van der Waals surface area (Å²) in [6.45, 7) is 1.53. The number of urea groups is 1. The molecular weight excluding hydrogens is 589 g/mol. The Kier molecular flexibility index (Phi) is 8.80. The van der Waals surface area contributed by atoms with Gasteiger partial charge in [0.25, 0.3) is 17.7 Å². The van der Waals surface area contributed by atoms with Gasteiger partial charge in [-0.3, -0.25) is 19.7 Å². The summed E-state index contributed by atoms with van der Waals surface area (Å²) in [7, 11) is 1.48. The van der Waals surface area contributed by atoms with Crippen molar-refractivity contribution in [2.75, 3.05) is 30.5 Å². The number of ether oxygens (including phenoxy) is 3. The van der Waals surface area contributed by atoms with Gasteiger partial charge < -0.3 is 19.5 Å². The molecule has 0 radical (unpaired) electrons. The molecule has 0 bridgehead atoms. The number of imide groups is 2. The minimum absolute atomic E-state index is 0.0137. The van der Waals surface area contributed by atoms with E-state index in [1.54, 1.807) is 31.2 Å². The molecule has 1 saturated heterocycles. The van der Waals surface area contributed by atoms with Gasteiger partial charge in [-0.15, -0.1) is 0 Å². The quantitative estimate of drug-likeness (QED) is 0.266. The van der Waals surface area contributed by atoms with Crippen molar-refractivity contribution >= 4 is 57.1 Å². The number of nitrogens with one attached hydrogen (secondary N) is 2. The molecule has 0 unspecified atom stereocenters. The molecule has 1 fully saturated rings. The fraction of sp³-hybridized carbons (Fsp3) is 0.143. The van der Waals surface area contributed by atoms with Crippen LogP contribution in [0.1, 0.15) is 12.5 Å². The third kappa shape index (κ3) is 6.29. The highest BCUT2D eigenvalue weighted by Gasteiger charge is 2.37. The number of hydrogen-bond donors (Lipinski definition) is 2. The summed E-state index contributed by atoms with van der Waals surface area (Å²) >= 11 is 3.38. The number of barbiturate groups is 1. The van der Waals surface area contributed by atoms with Crippen molar-refractivity contribution in [3.05, 3.63) is 82.1 Å². The summed E-state index contributed by atoms with van der Waals surface area (Å²) < 4.78 is 30.6. The van der Waals surface area contributed by atoms with E-state index in [0.29, 0.717) is 15.8 Å². The first-order valence-corrected chi connectivity index (χ1v) is 12.7. The average Bonchev–Trinajstić information content (AvgIpc) is 2.92. The van der Waals surface area contributed by atoms with E-state index in [0.717, 1.165) is 4.90 Å². The summed E-state index contributed by atoms with van der Waals surface area (Å²) in [5, 5.41) is 4.60. The number of hydrogen-bond acceptors (Lipinski definition) is 7. The zero-order chi connectivity index (χ0) is 28.8. The van der Waals surface area contributed by atoms with Gasteiger partial charge in [-0.1, -0.05) is 12.1 Å². The number of nitrogens with zero attached hydrogens (tertiary/aromatic N) is 1. The number of anilines is 2. The van der Waals surface area contributed by atoms with Crippen molar-refractivity contribution in [3.8, 4) is 17.2 Å². The molecule has 4 rings (SSSR count). The molecule has 1 heterocycles. The second-order valence-corrected chi connectivity index (χ2v) is 9.09. The van der Waals surface area contributed by atoms with Crippen LogP contribution in [0.25, 0.3) is 6.08 Å². The topological polar surface area (TPSA) is 123 Å². The Balaban J connectivity index is 1.58. The number of rotatable bonds is 9. The molecule has 1 aliphatic rings. The minimum Gasteiger partial charge on any atom is -0.497 e. The third-order valence-corrected chi connectivity index (χ3v) is 6.16. The van der Waals surface area contributed by atoms with Gasteiger partial charge in [-0.05, 0) is 83.0 Å². The fourth-order valence-electron chi connectivity index (χ4n) is 3.75. The van der Waals surface area contributed by atoms with Crippen molar-refractivity contribution in [2.24, 2.45) is 0 Å². The van der Waals surface area contributed by atoms with E-state index in [9.17, 15) is 23.6 Å². The standard InChI is InChI=1S/C28H23BrFN3O7/c1-3-39-23-14-16(13-20(29)25(23)40-15-24(34)31-22-7-5-4-6-21(22)30)12-19-26(35)32-28(37)33(27(19)36)17-8-10-18(38-2)11-9-17/h4-14H,3,15H2,1-2H3,(H,31,34)(H,32,35,37)/b19-12+. The van der Waals surface area contributed by atoms with Crippen LogP contribution >= 0.6 is 15.9 Å². The van der Waals surface area contributed by atoms with Crippen LogP contribution in [0.4, 0.5) is 20.6 Å². The van der Waals surface area contributed by atoms with E-state index in [1.807, 2.05) is 0 Å². The van der Waals surface area contributed by atoms with Gasteiger partial charge in [0.05, 0.1) is 29.6 Å². The van der Waals surface area contributed by atoms with Crippen LogP contribution < -0.4 is 29.7 Å². The molecule has 1 aliphatic heterocycles. The number of carbonyl (C=O) groups excluding carboxylic acids is 4. The summed E-state index contributed by atoms with van der Waals surface area (Å²) in [5.74, 6) is -1.94. The normalized spacial score (nSPS) is 14.2. The Hall–Kier alpha value is -4.71. The van der Waals surface area contributed by atoms with Crippen molar-refractivity contribution in [2.45, 2.75) is 6.92 Å². The third-order valence-electron chi connectivity index (χ3n) is 5.57. The zero-order valence-electron chi connectivity index (χ0n) is 21.3. The van der Waals surface area contributed by atoms with Gasteiger partial charge in [-0.25, -0.2) is 14.1 Å². The molecule has 0 saturated carbocycles. The van der Waals surface area contributed by atoms with E-state index in [-0.39, 0.29) is 35.1 Å². The van der Waals surface area contributed by atoms with Crippen molar-refractivity contribution in [1.29, 1.82) is 0 Å². The highest BCUT2D eigenvalue weighted by atomic mass is 79.9. The maximum absolute atomic E-state index is 13.8. The van der Waals surface area contributed by atoms with Crippen LogP contribution in [0.5, 0.6) is 17.2 Å². The lowest BCUT2D eigenvalue weighted by Gasteiger charge is -2.26. The van der Waals surface area contributed by atoms with Crippen LogP contribution in [0.3, 0.4) is 0 Å². The molecule has 3 aromatic rings. The summed E-state index contributed by atoms with van der Waals surface area (Å²) in [6, 6.07) is 14.1. The van der Waals surface area contributed by atoms with Gasteiger partial charge >= 0.3 is 6.03 Å². The lowest BCUT2D eigenvalue weighted by molar-refractivity contribution is -0.122. The van der Waals surface area contributed by atoms with E-state index in [1.165, 1.54) is 49.6 Å². The molecule has 5 amide bonds. The maximum atomic E-state index is 13.8. The lowest BCUT2D eigenvalue weighted by atomic mass is 10.1. The first-order chi connectivity index (χ1) is 19.2. The number of carbonyl (C=O) groups is 4. The van der Waals surface area contributed by atoms with Crippen molar-refractivity contribution in [3.63, 3.8) is 0 Å². The zero-order valence-corrected chi connectivity index (χ0v) is 22.9. The average molecular weight is 612 g/mol. The maximum Gasteiger partial charge on any atom is 0.335 e.